The summed E-state index contributed by atoms with van der Waals surface area (Å²) in [6, 6.07) is 20.8. The lowest BCUT2D eigenvalue weighted by atomic mass is 9.82. The Bertz CT molecular complexity index is 1060. The van der Waals surface area contributed by atoms with Gasteiger partial charge in [0.05, 0.1) is 0 Å². The molecule has 2 atom stereocenters. The second-order valence-corrected chi connectivity index (χ2v) is 9.35. The van der Waals surface area contributed by atoms with Crippen LogP contribution in [-0.4, -0.2) is 41.4 Å². The smallest absolute Gasteiger partial charge is 0.131 e. The lowest BCUT2D eigenvalue weighted by Crippen LogP contribution is -2.30. The van der Waals surface area contributed by atoms with Gasteiger partial charge in [0, 0.05) is 12.5 Å². The summed E-state index contributed by atoms with van der Waals surface area (Å²) < 4.78 is 12.5. The van der Waals surface area contributed by atoms with Gasteiger partial charge in [0.2, 0.25) is 0 Å². The molecule has 35 heavy (non-hydrogen) atoms. The molecule has 0 spiro atoms. The molecule has 0 bridgehead atoms. The summed E-state index contributed by atoms with van der Waals surface area (Å²) >= 11 is 0. The van der Waals surface area contributed by atoms with Gasteiger partial charge < -0.3 is 19.7 Å². The van der Waals surface area contributed by atoms with E-state index in [2.05, 4.69) is 30.9 Å². The van der Waals surface area contributed by atoms with E-state index in [0.29, 0.717) is 6.61 Å². The first-order chi connectivity index (χ1) is 17.1. The van der Waals surface area contributed by atoms with Crippen LogP contribution in [0.3, 0.4) is 0 Å². The van der Waals surface area contributed by atoms with Crippen LogP contribution in [0.4, 0.5) is 0 Å². The lowest BCUT2D eigenvalue weighted by Gasteiger charge is -2.34. The summed E-state index contributed by atoms with van der Waals surface area (Å²) in [4.78, 5) is 2.48. The number of phenols is 2. The van der Waals surface area contributed by atoms with Crippen molar-refractivity contribution in [1.82, 2.24) is 4.90 Å². The molecule has 0 radical (unpaired) electrons. The fourth-order valence-electron chi connectivity index (χ4n) is 4.80. The molecule has 1 aliphatic heterocycles. The van der Waals surface area contributed by atoms with E-state index in [1.165, 1.54) is 12.8 Å². The molecule has 3 aromatic carbocycles. The Morgan fingerprint density at radius 3 is 2.26 bits per heavy atom. The highest BCUT2D eigenvalue weighted by atomic mass is 16.5. The molecule has 0 aliphatic carbocycles. The highest BCUT2D eigenvalue weighted by molar-refractivity contribution is 5.45. The number of rotatable bonds is 11. The fraction of sp³-hybridized carbons (Fsp3) is 0.400. The average Bonchev–Trinajstić information content (AvgIpc) is 2.87. The lowest BCUT2D eigenvalue weighted by molar-refractivity contribution is 0.151. The van der Waals surface area contributed by atoms with E-state index in [-0.39, 0.29) is 23.5 Å². The third-order valence-electron chi connectivity index (χ3n) is 6.68. The van der Waals surface area contributed by atoms with Crippen LogP contribution in [0.2, 0.25) is 0 Å². The molecule has 5 nitrogen and oxygen atoms in total. The molecule has 0 aromatic heterocycles. The molecule has 0 saturated carbocycles. The summed E-state index contributed by atoms with van der Waals surface area (Å²) in [7, 11) is 0. The van der Waals surface area contributed by atoms with Gasteiger partial charge in [0.1, 0.15) is 35.7 Å². The van der Waals surface area contributed by atoms with Crippen LogP contribution in [0.25, 0.3) is 0 Å². The molecule has 2 N–H and O–H groups in total. The summed E-state index contributed by atoms with van der Waals surface area (Å²) in [5.41, 5.74) is 3.15. The largest absolute Gasteiger partial charge is 0.508 e. The van der Waals surface area contributed by atoms with E-state index in [4.69, 9.17) is 9.47 Å². The van der Waals surface area contributed by atoms with Crippen molar-refractivity contribution in [3.63, 3.8) is 0 Å². The van der Waals surface area contributed by atoms with Gasteiger partial charge in [-0.2, -0.15) is 0 Å². The maximum atomic E-state index is 9.97. The summed E-state index contributed by atoms with van der Waals surface area (Å²) in [5.74, 6) is 2.20. The van der Waals surface area contributed by atoms with Gasteiger partial charge >= 0.3 is 0 Å². The number of benzene rings is 3. The van der Waals surface area contributed by atoms with Crippen LogP contribution >= 0.6 is 0 Å². The zero-order valence-corrected chi connectivity index (χ0v) is 20.8. The Hall–Kier alpha value is -3.18. The predicted octanol–water partition coefficient (Wildman–Crippen LogP) is 6.45. The predicted molar refractivity (Wildman–Crippen MR) is 140 cm³/mol. The van der Waals surface area contributed by atoms with Crippen LogP contribution in [0.5, 0.6) is 23.0 Å². The van der Waals surface area contributed by atoms with Gasteiger partial charge in [-0.1, -0.05) is 44.5 Å². The van der Waals surface area contributed by atoms with Gasteiger partial charge in [-0.05, 0) is 91.5 Å². The number of hydrogen-bond donors (Lipinski definition) is 2. The normalized spacial score (nSPS) is 17.1. The zero-order valence-electron chi connectivity index (χ0n) is 20.8. The molecule has 3 aromatic rings. The maximum Gasteiger partial charge on any atom is 0.131 e. The van der Waals surface area contributed by atoms with E-state index in [1.54, 1.807) is 24.3 Å². The Labute approximate surface area is 208 Å². The molecule has 0 saturated heterocycles. The molecule has 0 unspecified atom stereocenters. The van der Waals surface area contributed by atoms with Crippen molar-refractivity contribution >= 4 is 0 Å². The van der Waals surface area contributed by atoms with Crippen molar-refractivity contribution in [2.24, 2.45) is 0 Å². The maximum absolute atomic E-state index is 9.97. The van der Waals surface area contributed by atoms with Crippen LogP contribution < -0.4 is 9.47 Å². The number of fused-ring (bicyclic) bond motifs is 1. The Balaban J connectivity index is 1.47. The van der Waals surface area contributed by atoms with Crippen molar-refractivity contribution in [3.8, 4) is 23.0 Å². The number of aromatic hydroxyl groups is 2. The SMILES string of the molecule is CCCCN(CCC)CCOc1ccc([C@H]2Oc3ccc(O)cc3C[C@H]2c2ccc(O)cc2)cc1. The summed E-state index contributed by atoms with van der Waals surface area (Å²) in [6.07, 6.45) is 4.15. The average molecular weight is 476 g/mol. The van der Waals surface area contributed by atoms with E-state index >= 15 is 0 Å². The summed E-state index contributed by atoms with van der Waals surface area (Å²) in [6.45, 7) is 8.30. The topological polar surface area (TPSA) is 62.2 Å². The molecule has 5 heteroatoms. The number of unbranched alkanes of at least 4 members (excludes halogenated alkanes) is 1. The van der Waals surface area contributed by atoms with Gasteiger partial charge in [-0.3, -0.25) is 4.90 Å². The molecule has 4 rings (SSSR count). The summed E-state index contributed by atoms with van der Waals surface area (Å²) in [5, 5.41) is 19.7. The molecule has 0 amide bonds. The van der Waals surface area contributed by atoms with Crippen LogP contribution in [0.1, 0.15) is 61.8 Å². The van der Waals surface area contributed by atoms with Crippen LogP contribution in [0.15, 0.2) is 66.7 Å². The van der Waals surface area contributed by atoms with Crippen molar-refractivity contribution in [2.75, 3.05) is 26.2 Å². The first-order valence-corrected chi connectivity index (χ1v) is 12.8. The van der Waals surface area contributed by atoms with E-state index in [9.17, 15) is 10.2 Å². The quantitative estimate of drug-likeness (QED) is 0.334. The molecule has 186 valence electrons. The van der Waals surface area contributed by atoms with Crippen LogP contribution in [-0.2, 0) is 6.42 Å². The van der Waals surface area contributed by atoms with E-state index < -0.39 is 0 Å². The number of nitrogens with zero attached hydrogens (tertiary/aromatic N) is 1. The molecular weight excluding hydrogens is 438 g/mol. The zero-order chi connectivity index (χ0) is 24.6. The molecule has 1 aliphatic rings. The number of phenolic OH excluding ortho intramolecular Hbond substituents is 2. The number of ether oxygens (including phenoxy) is 2. The number of hydrogen-bond acceptors (Lipinski definition) is 5. The van der Waals surface area contributed by atoms with E-state index in [1.807, 2.05) is 30.3 Å². The van der Waals surface area contributed by atoms with Gasteiger partial charge in [0.25, 0.3) is 0 Å². The Morgan fingerprint density at radius 2 is 1.54 bits per heavy atom. The van der Waals surface area contributed by atoms with Crippen LogP contribution in [0, 0.1) is 0 Å². The second kappa shape index (κ2) is 12.0. The Kier molecular flexibility index (Phi) is 8.54. The minimum atomic E-state index is -0.181. The second-order valence-electron chi connectivity index (χ2n) is 9.35. The molecule has 0 fully saturated rings. The van der Waals surface area contributed by atoms with Crippen molar-refractivity contribution in [3.05, 3.63) is 83.4 Å². The molecule has 1 heterocycles. The van der Waals surface area contributed by atoms with Crippen molar-refractivity contribution in [1.29, 1.82) is 0 Å². The first-order valence-electron chi connectivity index (χ1n) is 12.8. The minimum Gasteiger partial charge on any atom is -0.508 e. The monoisotopic (exact) mass is 475 g/mol. The van der Waals surface area contributed by atoms with Gasteiger partial charge in [-0.15, -0.1) is 0 Å². The van der Waals surface area contributed by atoms with E-state index in [0.717, 1.165) is 60.7 Å². The highest BCUT2D eigenvalue weighted by Crippen LogP contribution is 2.45. The third kappa shape index (κ3) is 6.49. The Morgan fingerprint density at radius 1 is 0.829 bits per heavy atom. The first kappa shape index (κ1) is 24.9. The van der Waals surface area contributed by atoms with Crippen molar-refractivity contribution < 1.29 is 19.7 Å². The van der Waals surface area contributed by atoms with Gasteiger partial charge in [-0.25, -0.2) is 0 Å². The fourth-order valence-corrected chi connectivity index (χ4v) is 4.80. The van der Waals surface area contributed by atoms with Crippen molar-refractivity contribution in [2.45, 2.75) is 51.6 Å². The minimum absolute atomic E-state index is 0.0536. The standard InChI is InChI=1S/C30H37NO4/c1-3-5-17-31(16-4-2)18-19-34-27-13-8-23(9-14-27)30-28(22-6-10-25(32)11-7-22)21-24-20-26(33)12-15-29(24)35-30/h6-15,20,28,30,32-33H,3-5,16-19,21H2,1-2H3/t28-,30+/m0/s1. The molecular formula is C30H37NO4. The highest BCUT2D eigenvalue weighted by Gasteiger charge is 2.32. The van der Waals surface area contributed by atoms with Gasteiger partial charge in [0.15, 0.2) is 0 Å². The third-order valence-corrected chi connectivity index (χ3v) is 6.68.